The Morgan fingerprint density at radius 3 is 2.50 bits per heavy atom. The summed E-state index contributed by atoms with van der Waals surface area (Å²) in [6, 6.07) is 6.86. The molecule has 18 heavy (non-hydrogen) atoms. The normalized spacial score (nSPS) is 10.1. The van der Waals surface area contributed by atoms with Crippen LogP contribution in [0.25, 0.3) is 10.9 Å². The van der Waals surface area contributed by atoms with Crippen molar-refractivity contribution in [2.75, 3.05) is 14.2 Å². The van der Waals surface area contributed by atoms with Crippen LogP contribution in [0.2, 0.25) is 0 Å². The molecule has 5 heteroatoms. The molecule has 0 saturated heterocycles. The van der Waals surface area contributed by atoms with Crippen molar-refractivity contribution in [2.45, 2.75) is 6.54 Å². The van der Waals surface area contributed by atoms with E-state index in [2.05, 4.69) is 0 Å². The summed E-state index contributed by atoms with van der Waals surface area (Å²) >= 11 is 0. The summed E-state index contributed by atoms with van der Waals surface area (Å²) in [7, 11) is 3.03. The van der Waals surface area contributed by atoms with E-state index in [4.69, 9.17) is 14.7 Å². The number of fused-ring (bicyclic) bond motifs is 1. The molecule has 5 nitrogen and oxygen atoms in total. The molecule has 0 bridgehead atoms. The number of nitriles is 1. The molecule has 1 aromatic heterocycles. The summed E-state index contributed by atoms with van der Waals surface area (Å²) in [6.45, 7) is 0.139. The van der Waals surface area contributed by atoms with Crippen molar-refractivity contribution >= 4 is 10.9 Å². The van der Waals surface area contributed by atoms with E-state index in [0.717, 1.165) is 0 Å². The van der Waals surface area contributed by atoms with E-state index in [1.165, 1.54) is 20.3 Å². The van der Waals surface area contributed by atoms with Gasteiger partial charge in [0.2, 0.25) is 0 Å². The Kier molecular flexibility index (Phi) is 3.20. The van der Waals surface area contributed by atoms with E-state index < -0.39 is 0 Å². The second-order valence-electron chi connectivity index (χ2n) is 3.66. The average Bonchev–Trinajstić information content (AvgIpc) is 2.40. The van der Waals surface area contributed by atoms with Crippen LogP contribution in [0.1, 0.15) is 0 Å². The highest BCUT2D eigenvalue weighted by Crippen LogP contribution is 2.30. The maximum atomic E-state index is 12.0. The van der Waals surface area contributed by atoms with Gasteiger partial charge in [-0.05, 0) is 12.1 Å². The summed E-state index contributed by atoms with van der Waals surface area (Å²) in [6.07, 6.45) is 1.58. The van der Waals surface area contributed by atoms with Crippen molar-refractivity contribution in [1.82, 2.24) is 4.57 Å². The maximum absolute atomic E-state index is 12.0. The summed E-state index contributed by atoms with van der Waals surface area (Å²) in [5.41, 5.74) is 0.417. The van der Waals surface area contributed by atoms with Gasteiger partial charge in [-0.3, -0.25) is 4.79 Å². The van der Waals surface area contributed by atoms with Gasteiger partial charge in [-0.15, -0.1) is 0 Å². The lowest BCUT2D eigenvalue weighted by atomic mass is 10.1. The first kappa shape index (κ1) is 12.0. The van der Waals surface area contributed by atoms with Gasteiger partial charge < -0.3 is 14.0 Å². The highest BCUT2D eigenvalue weighted by Gasteiger charge is 2.13. The highest BCUT2D eigenvalue weighted by molar-refractivity contribution is 5.90. The number of pyridine rings is 1. The SMILES string of the molecule is COc1ccc(OC)c2c1c(=O)ccn2CC#N. The second-order valence-corrected chi connectivity index (χ2v) is 3.66. The minimum atomic E-state index is -0.157. The molecule has 92 valence electrons. The van der Waals surface area contributed by atoms with Crippen LogP contribution < -0.4 is 14.9 Å². The van der Waals surface area contributed by atoms with Crippen molar-refractivity contribution in [3.63, 3.8) is 0 Å². The minimum absolute atomic E-state index is 0.139. The van der Waals surface area contributed by atoms with Gasteiger partial charge in [-0.25, -0.2) is 0 Å². The van der Waals surface area contributed by atoms with Crippen LogP contribution in [0.15, 0.2) is 29.2 Å². The summed E-state index contributed by atoms with van der Waals surface area (Å²) in [4.78, 5) is 12.0. The van der Waals surface area contributed by atoms with E-state index in [0.29, 0.717) is 22.4 Å². The average molecular weight is 244 g/mol. The number of benzene rings is 1. The molecule has 0 aliphatic heterocycles. The van der Waals surface area contributed by atoms with Gasteiger partial charge in [0.15, 0.2) is 5.43 Å². The number of hydrogen-bond acceptors (Lipinski definition) is 4. The quantitative estimate of drug-likeness (QED) is 0.821. The highest BCUT2D eigenvalue weighted by atomic mass is 16.5. The third kappa shape index (κ3) is 1.78. The van der Waals surface area contributed by atoms with Gasteiger partial charge in [-0.1, -0.05) is 0 Å². The first-order chi connectivity index (χ1) is 8.72. The topological polar surface area (TPSA) is 64.2 Å². The van der Waals surface area contributed by atoms with Gasteiger partial charge in [0.05, 0.1) is 31.2 Å². The number of ether oxygens (including phenoxy) is 2. The molecule has 1 heterocycles. The fourth-order valence-electron chi connectivity index (χ4n) is 1.94. The van der Waals surface area contributed by atoms with Crippen molar-refractivity contribution in [3.05, 3.63) is 34.6 Å². The zero-order valence-corrected chi connectivity index (χ0v) is 10.1. The van der Waals surface area contributed by atoms with Gasteiger partial charge in [-0.2, -0.15) is 5.26 Å². The van der Waals surface area contributed by atoms with Crippen molar-refractivity contribution < 1.29 is 9.47 Å². The summed E-state index contributed by atoms with van der Waals surface area (Å²) in [5, 5.41) is 9.24. The van der Waals surface area contributed by atoms with E-state index >= 15 is 0 Å². The second kappa shape index (κ2) is 4.80. The first-order valence-electron chi connectivity index (χ1n) is 5.34. The van der Waals surface area contributed by atoms with Crippen LogP contribution in [-0.4, -0.2) is 18.8 Å². The number of aromatic nitrogens is 1. The van der Waals surface area contributed by atoms with Gasteiger partial charge in [0, 0.05) is 12.3 Å². The summed E-state index contributed by atoms with van der Waals surface area (Å²) < 4.78 is 12.1. The Morgan fingerprint density at radius 2 is 1.89 bits per heavy atom. The van der Waals surface area contributed by atoms with Gasteiger partial charge in [0.1, 0.15) is 18.0 Å². The zero-order valence-electron chi connectivity index (χ0n) is 10.1. The lowest BCUT2D eigenvalue weighted by molar-refractivity contribution is 0.408. The van der Waals surface area contributed by atoms with Crippen molar-refractivity contribution in [1.29, 1.82) is 5.26 Å². The van der Waals surface area contributed by atoms with Crippen LogP contribution in [-0.2, 0) is 6.54 Å². The molecule has 0 amide bonds. The maximum Gasteiger partial charge on any atom is 0.193 e. The third-order valence-corrected chi connectivity index (χ3v) is 2.72. The Bertz CT molecular complexity index is 683. The van der Waals surface area contributed by atoms with Gasteiger partial charge in [0.25, 0.3) is 0 Å². The van der Waals surface area contributed by atoms with E-state index in [9.17, 15) is 4.79 Å². The molecule has 0 radical (unpaired) electrons. The lowest BCUT2D eigenvalue weighted by Gasteiger charge is -2.13. The lowest BCUT2D eigenvalue weighted by Crippen LogP contribution is -2.10. The van der Waals surface area contributed by atoms with Crippen LogP contribution in [0, 0.1) is 11.3 Å². The molecule has 0 saturated carbocycles. The molecular weight excluding hydrogens is 232 g/mol. The van der Waals surface area contributed by atoms with Crippen LogP contribution in [0.4, 0.5) is 0 Å². The van der Waals surface area contributed by atoms with Crippen LogP contribution in [0.5, 0.6) is 11.5 Å². The molecule has 0 atom stereocenters. The van der Waals surface area contributed by atoms with Gasteiger partial charge >= 0.3 is 0 Å². The predicted octanol–water partition coefficient (Wildman–Crippen LogP) is 1.54. The zero-order chi connectivity index (χ0) is 13.1. The molecule has 2 aromatic rings. The van der Waals surface area contributed by atoms with Crippen LogP contribution in [0.3, 0.4) is 0 Å². The van der Waals surface area contributed by atoms with E-state index in [1.54, 1.807) is 22.9 Å². The molecule has 0 fully saturated rings. The Morgan fingerprint density at radius 1 is 1.22 bits per heavy atom. The fraction of sp³-hybridized carbons (Fsp3) is 0.231. The van der Waals surface area contributed by atoms with Crippen molar-refractivity contribution in [2.24, 2.45) is 0 Å². The molecule has 0 aliphatic carbocycles. The van der Waals surface area contributed by atoms with Crippen molar-refractivity contribution in [3.8, 4) is 17.6 Å². The van der Waals surface area contributed by atoms with E-state index in [-0.39, 0.29) is 12.0 Å². The molecule has 0 unspecified atom stereocenters. The molecule has 1 aromatic carbocycles. The smallest absolute Gasteiger partial charge is 0.193 e. The predicted molar refractivity (Wildman–Crippen MR) is 66.9 cm³/mol. The fourth-order valence-corrected chi connectivity index (χ4v) is 1.94. The largest absolute Gasteiger partial charge is 0.496 e. The third-order valence-electron chi connectivity index (χ3n) is 2.72. The number of rotatable bonds is 3. The van der Waals surface area contributed by atoms with Crippen LogP contribution >= 0.6 is 0 Å². The minimum Gasteiger partial charge on any atom is -0.496 e. The number of hydrogen-bond donors (Lipinski definition) is 0. The Labute approximate surface area is 104 Å². The molecule has 0 N–H and O–H groups in total. The summed E-state index contributed by atoms with van der Waals surface area (Å²) in [5.74, 6) is 1.02. The standard InChI is InChI=1S/C13H12N2O3/c1-17-10-3-4-11(18-2)13-12(10)9(16)5-7-15(13)8-6-14/h3-5,7H,8H2,1-2H3. The van der Waals surface area contributed by atoms with E-state index in [1.807, 2.05) is 6.07 Å². The number of nitrogens with zero attached hydrogens (tertiary/aromatic N) is 2. The molecular formula is C13H12N2O3. The molecule has 0 spiro atoms. The Balaban J connectivity index is 2.95. The molecule has 2 rings (SSSR count). The number of methoxy groups -OCH3 is 2. The monoisotopic (exact) mass is 244 g/mol. The molecule has 0 aliphatic rings. The Hall–Kier alpha value is -2.48. The first-order valence-corrected chi connectivity index (χ1v) is 5.34.